The Kier molecular flexibility index (Phi) is 7.30. The van der Waals surface area contributed by atoms with Crippen molar-refractivity contribution in [1.82, 2.24) is 0 Å². The summed E-state index contributed by atoms with van der Waals surface area (Å²) >= 11 is 3.32. The molecule has 20 heavy (non-hydrogen) atoms. The summed E-state index contributed by atoms with van der Waals surface area (Å²) in [6, 6.07) is 5.05. The second kappa shape index (κ2) is 8.74. The molecule has 1 aromatic rings. The number of rotatable bonds is 7. The number of ether oxygens (including phenoxy) is 2. The Morgan fingerprint density at radius 3 is 2.40 bits per heavy atom. The van der Waals surface area contributed by atoms with Crippen LogP contribution in [0.15, 0.2) is 18.2 Å². The predicted octanol–water partition coefficient (Wildman–Crippen LogP) is 3.72. The van der Waals surface area contributed by atoms with Crippen LogP contribution in [-0.2, 0) is 14.8 Å². The highest BCUT2D eigenvalue weighted by atomic mass is 79.9. The van der Waals surface area contributed by atoms with Gasteiger partial charge in [-0.15, -0.1) is 0 Å². The molecular formula is C15H19BrO4. The number of halogens is 1. The Morgan fingerprint density at radius 2 is 1.80 bits per heavy atom. The van der Waals surface area contributed by atoms with Crippen LogP contribution in [0.3, 0.4) is 0 Å². The number of carbonyl (C=O) groups is 2. The lowest BCUT2D eigenvalue weighted by Gasteiger charge is -2.10. The van der Waals surface area contributed by atoms with E-state index in [1.165, 1.54) is 0 Å². The molecule has 0 fully saturated rings. The van der Waals surface area contributed by atoms with Crippen LogP contribution in [0.5, 0.6) is 0 Å². The first-order valence-corrected chi connectivity index (χ1v) is 7.79. The average Bonchev–Trinajstić information content (AvgIpc) is 2.47. The molecule has 0 bridgehead atoms. The number of carbonyl (C=O) groups excluding carboxylic acids is 2. The van der Waals surface area contributed by atoms with E-state index in [1.54, 1.807) is 25.1 Å². The zero-order chi connectivity index (χ0) is 15.0. The molecule has 0 spiro atoms. The highest BCUT2D eigenvalue weighted by molar-refractivity contribution is 9.08. The third-order valence-electron chi connectivity index (χ3n) is 2.68. The van der Waals surface area contributed by atoms with Crippen LogP contribution in [-0.4, -0.2) is 25.2 Å². The summed E-state index contributed by atoms with van der Waals surface area (Å²) in [4.78, 5) is 23.9. The molecule has 0 heterocycles. The summed E-state index contributed by atoms with van der Waals surface area (Å²) in [5.74, 6) is -0.986. The second-order valence-electron chi connectivity index (χ2n) is 4.22. The Morgan fingerprint density at radius 1 is 1.10 bits per heavy atom. The van der Waals surface area contributed by atoms with Gasteiger partial charge in [0.05, 0.1) is 24.3 Å². The molecule has 0 aliphatic rings. The minimum absolute atomic E-state index is 0.254. The predicted molar refractivity (Wildman–Crippen MR) is 80.2 cm³/mol. The molecule has 0 amide bonds. The fourth-order valence-electron chi connectivity index (χ4n) is 1.62. The maximum Gasteiger partial charge on any atom is 0.339 e. The SMILES string of the molecule is CCCCOC(=O)c1ccc(CBr)cc1C(=O)OCC. The summed E-state index contributed by atoms with van der Waals surface area (Å²) in [6.45, 7) is 4.37. The second-order valence-corrected chi connectivity index (χ2v) is 4.78. The molecule has 0 N–H and O–H groups in total. The lowest BCUT2D eigenvalue weighted by molar-refractivity contribution is 0.0463. The largest absolute Gasteiger partial charge is 0.462 e. The molecular weight excluding hydrogens is 324 g/mol. The lowest BCUT2D eigenvalue weighted by Crippen LogP contribution is -2.15. The molecule has 0 radical (unpaired) electrons. The summed E-state index contributed by atoms with van der Waals surface area (Å²) in [5, 5.41) is 0.602. The molecule has 0 saturated carbocycles. The molecule has 0 aliphatic heterocycles. The first kappa shape index (κ1) is 16.7. The van der Waals surface area contributed by atoms with E-state index in [9.17, 15) is 9.59 Å². The average molecular weight is 343 g/mol. The van der Waals surface area contributed by atoms with E-state index in [2.05, 4.69) is 15.9 Å². The van der Waals surface area contributed by atoms with Crippen molar-refractivity contribution in [3.05, 3.63) is 34.9 Å². The Balaban J connectivity index is 2.98. The minimum Gasteiger partial charge on any atom is -0.462 e. The van der Waals surface area contributed by atoms with Crippen molar-refractivity contribution in [3.8, 4) is 0 Å². The Bertz CT molecular complexity index is 471. The molecule has 110 valence electrons. The van der Waals surface area contributed by atoms with Crippen LogP contribution in [0.1, 0.15) is 53.0 Å². The summed E-state index contributed by atoms with van der Waals surface area (Å²) in [6.07, 6.45) is 1.75. The zero-order valence-corrected chi connectivity index (χ0v) is 13.4. The Labute approximate surface area is 127 Å². The van der Waals surface area contributed by atoms with Gasteiger partial charge in [0, 0.05) is 5.33 Å². The van der Waals surface area contributed by atoms with Gasteiger partial charge in [-0.25, -0.2) is 9.59 Å². The normalized spacial score (nSPS) is 10.2. The molecule has 0 aliphatic carbocycles. The minimum atomic E-state index is -0.502. The van der Waals surface area contributed by atoms with Gasteiger partial charge >= 0.3 is 11.9 Å². The van der Waals surface area contributed by atoms with Crippen LogP contribution in [0.4, 0.5) is 0 Å². The van der Waals surface area contributed by atoms with E-state index >= 15 is 0 Å². The van der Waals surface area contributed by atoms with Crippen molar-refractivity contribution in [2.24, 2.45) is 0 Å². The van der Waals surface area contributed by atoms with Crippen molar-refractivity contribution in [3.63, 3.8) is 0 Å². The van der Waals surface area contributed by atoms with Crippen molar-refractivity contribution in [2.45, 2.75) is 32.0 Å². The van der Waals surface area contributed by atoms with Gasteiger partial charge in [-0.1, -0.05) is 35.3 Å². The van der Waals surface area contributed by atoms with Gasteiger partial charge in [0.2, 0.25) is 0 Å². The highest BCUT2D eigenvalue weighted by Gasteiger charge is 2.19. The van der Waals surface area contributed by atoms with E-state index in [0.29, 0.717) is 11.9 Å². The van der Waals surface area contributed by atoms with E-state index in [1.807, 2.05) is 6.92 Å². The quantitative estimate of drug-likeness (QED) is 0.430. The number of hydrogen-bond donors (Lipinski definition) is 0. The molecule has 1 aromatic carbocycles. The van der Waals surface area contributed by atoms with E-state index in [4.69, 9.17) is 9.47 Å². The number of unbranched alkanes of at least 4 members (excludes halogenated alkanes) is 1. The van der Waals surface area contributed by atoms with Crippen LogP contribution >= 0.6 is 15.9 Å². The van der Waals surface area contributed by atoms with Crippen molar-refractivity contribution >= 4 is 27.9 Å². The lowest BCUT2D eigenvalue weighted by atomic mass is 10.0. The molecule has 1 rings (SSSR count). The summed E-state index contributed by atoms with van der Waals surface area (Å²) in [7, 11) is 0. The van der Waals surface area contributed by atoms with Gasteiger partial charge in [0.1, 0.15) is 0 Å². The van der Waals surface area contributed by atoms with E-state index in [-0.39, 0.29) is 17.7 Å². The van der Waals surface area contributed by atoms with Gasteiger partial charge in [-0.05, 0) is 31.0 Å². The maximum atomic E-state index is 12.0. The first-order chi connectivity index (χ1) is 9.63. The molecule has 0 saturated heterocycles. The fourth-order valence-corrected chi connectivity index (χ4v) is 1.97. The topological polar surface area (TPSA) is 52.6 Å². The first-order valence-electron chi connectivity index (χ1n) is 6.67. The third kappa shape index (κ3) is 4.63. The van der Waals surface area contributed by atoms with E-state index in [0.717, 1.165) is 18.4 Å². The number of esters is 2. The smallest absolute Gasteiger partial charge is 0.339 e. The highest BCUT2D eigenvalue weighted by Crippen LogP contribution is 2.17. The van der Waals surface area contributed by atoms with Crippen molar-refractivity contribution in [2.75, 3.05) is 13.2 Å². The zero-order valence-electron chi connectivity index (χ0n) is 11.8. The molecule has 0 aromatic heterocycles. The van der Waals surface area contributed by atoms with Gasteiger partial charge < -0.3 is 9.47 Å². The monoisotopic (exact) mass is 342 g/mol. The number of alkyl halides is 1. The third-order valence-corrected chi connectivity index (χ3v) is 3.33. The fraction of sp³-hybridized carbons (Fsp3) is 0.467. The van der Waals surface area contributed by atoms with Crippen LogP contribution in [0, 0.1) is 0 Å². The molecule has 4 nitrogen and oxygen atoms in total. The van der Waals surface area contributed by atoms with Gasteiger partial charge in [-0.3, -0.25) is 0 Å². The molecule has 0 atom stereocenters. The number of benzene rings is 1. The van der Waals surface area contributed by atoms with Gasteiger partial charge in [0.25, 0.3) is 0 Å². The van der Waals surface area contributed by atoms with Crippen molar-refractivity contribution in [1.29, 1.82) is 0 Å². The van der Waals surface area contributed by atoms with Crippen molar-refractivity contribution < 1.29 is 19.1 Å². The van der Waals surface area contributed by atoms with Gasteiger partial charge in [-0.2, -0.15) is 0 Å². The molecule has 5 heteroatoms. The summed E-state index contributed by atoms with van der Waals surface area (Å²) in [5.41, 5.74) is 1.41. The maximum absolute atomic E-state index is 12.0. The molecule has 0 unspecified atom stereocenters. The summed E-state index contributed by atoms with van der Waals surface area (Å²) < 4.78 is 10.1. The van der Waals surface area contributed by atoms with Gasteiger partial charge in [0.15, 0.2) is 0 Å². The van der Waals surface area contributed by atoms with E-state index < -0.39 is 11.9 Å². The number of hydrogen-bond acceptors (Lipinski definition) is 4. The van der Waals surface area contributed by atoms with Crippen LogP contribution in [0.25, 0.3) is 0 Å². The van der Waals surface area contributed by atoms with Crippen LogP contribution < -0.4 is 0 Å². The Hall–Kier alpha value is -1.36. The standard InChI is InChI=1S/C15H19BrO4/c1-3-5-8-20-14(17)12-7-6-11(10-16)9-13(12)15(18)19-4-2/h6-7,9H,3-5,8,10H2,1-2H3. The van der Waals surface area contributed by atoms with Crippen LogP contribution in [0.2, 0.25) is 0 Å².